The molecule has 0 spiro atoms. The van der Waals surface area contributed by atoms with Crippen molar-refractivity contribution in [2.75, 3.05) is 11.9 Å². The Labute approximate surface area is 122 Å². The Morgan fingerprint density at radius 1 is 1.50 bits per heavy atom. The number of halogens is 2. The van der Waals surface area contributed by atoms with Crippen LogP contribution in [0.3, 0.4) is 0 Å². The Hall–Kier alpha value is -1.80. The van der Waals surface area contributed by atoms with Crippen LogP contribution >= 0.6 is 15.9 Å². The van der Waals surface area contributed by atoms with Gasteiger partial charge in [-0.05, 0) is 18.2 Å². The number of nitrogens with zero attached hydrogens (tertiary/aromatic N) is 3. The van der Waals surface area contributed by atoms with E-state index in [1.165, 1.54) is 16.8 Å². The van der Waals surface area contributed by atoms with Crippen LogP contribution in [0.1, 0.15) is 5.69 Å². The number of rotatable bonds is 5. The summed E-state index contributed by atoms with van der Waals surface area (Å²) in [4.78, 5) is 11.8. The van der Waals surface area contributed by atoms with Crippen LogP contribution in [0.4, 0.5) is 10.1 Å². The molecule has 1 aromatic heterocycles. The molecule has 0 aliphatic heterocycles. The smallest absolute Gasteiger partial charge is 0.246 e. The maximum atomic E-state index is 13.5. The molecule has 0 radical (unpaired) electrons. The first-order valence-corrected chi connectivity index (χ1v) is 6.62. The van der Waals surface area contributed by atoms with Gasteiger partial charge in [-0.25, -0.2) is 9.07 Å². The fraction of sp³-hybridized carbons (Fsp3) is 0.250. The standard InChI is InChI=1S/C12H12BrFN4O2/c13-8-1-2-11(10(14)5-8)15-12(20)7-18-6-9(3-4-19)16-17-18/h1-2,5-6,19H,3-4,7H2,(H,15,20). The van der Waals surface area contributed by atoms with E-state index in [2.05, 4.69) is 31.6 Å². The summed E-state index contributed by atoms with van der Waals surface area (Å²) in [7, 11) is 0. The molecular weight excluding hydrogens is 331 g/mol. The van der Waals surface area contributed by atoms with Crippen molar-refractivity contribution in [3.8, 4) is 0 Å². The molecule has 1 heterocycles. The zero-order valence-electron chi connectivity index (χ0n) is 10.4. The summed E-state index contributed by atoms with van der Waals surface area (Å²) < 4.78 is 15.5. The molecule has 0 saturated heterocycles. The predicted octanol–water partition coefficient (Wildman–Crippen LogP) is 1.35. The van der Waals surface area contributed by atoms with E-state index in [4.69, 9.17) is 5.11 Å². The van der Waals surface area contributed by atoms with E-state index in [1.807, 2.05) is 0 Å². The van der Waals surface area contributed by atoms with Crippen LogP contribution in [-0.4, -0.2) is 32.6 Å². The third kappa shape index (κ3) is 3.84. The maximum absolute atomic E-state index is 13.5. The number of amides is 1. The SMILES string of the molecule is O=C(Cn1cc(CCO)nn1)Nc1ccc(Br)cc1F. The molecule has 8 heteroatoms. The van der Waals surface area contributed by atoms with Gasteiger partial charge in [-0.1, -0.05) is 21.1 Å². The lowest BCUT2D eigenvalue weighted by molar-refractivity contribution is -0.116. The Kier molecular flexibility index (Phi) is 4.80. The number of nitrogens with one attached hydrogen (secondary N) is 1. The highest BCUT2D eigenvalue weighted by Gasteiger charge is 2.09. The lowest BCUT2D eigenvalue weighted by atomic mass is 10.3. The third-order valence-electron chi connectivity index (χ3n) is 2.46. The quantitative estimate of drug-likeness (QED) is 0.859. The number of aliphatic hydroxyl groups excluding tert-OH is 1. The van der Waals surface area contributed by atoms with Crippen molar-refractivity contribution in [1.29, 1.82) is 0 Å². The minimum Gasteiger partial charge on any atom is -0.396 e. The van der Waals surface area contributed by atoms with Crippen LogP contribution in [0.2, 0.25) is 0 Å². The van der Waals surface area contributed by atoms with Gasteiger partial charge in [0.05, 0.1) is 11.4 Å². The van der Waals surface area contributed by atoms with Gasteiger partial charge < -0.3 is 10.4 Å². The fourth-order valence-electron chi connectivity index (χ4n) is 1.57. The number of anilines is 1. The second-order valence-electron chi connectivity index (χ2n) is 4.05. The molecule has 2 aromatic rings. The predicted molar refractivity (Wildman–Crippen MR) is 73.5 cm³/mol. The maximum Gasteiger partial charge on any atom is 0.246 e. The summed E-state index contributed by atoms with van der Waals surface area (Å²) in [6, 6.07) is 4.37. The number of aromatic nitrogens is 3. The van der Waals surface area contributed by atoms with Crippen molar-refractivity contribution in [1.82, 2.24) is 15.0 Å². The summed E-state index contributed by atoms with van der Waals surface area (Å²) in [6.07, 6.45) is 1.94. The molecule has 0 atom stereocenters. The van der Waals surface area contributed by atoms with Crippen LogP contribution in [0.5, 0.6) is 0 Å². The molecular formula is C12H12BrFN4O2. The van der Waals surface area contributed by atoms with Gasteiger partial charge in [0.1, 0.15) is 12.4 Å². The van der Waals surface area contributed by atoms with Crippen molar-refractivity contribution in [3.63, 3.8) is 0 Å². The Morgan fingerprint density at radius 3 is 3.00 bits per heavy atom. The van der Waals surface area contributed by atoms with Gasteiger partial charge in [-0.2, -0.15) is 0 Å². The van der Waals surface area contributed by atoms with E-state index in [0.717, 1.165) is 0 Å². The van der Waals surface area contributed by atoms with Crippen LogP contribution in [0.15, 0.2) is 28.9 Å². The molecule has 2 rings (SSSR count). The van der Waals surface area contributed by atoms with E-state index in [1.54, 1.807) is 12.3 Å². The summed E-state index contributed by atoms with van der Waals surface area (Å²) in [5.41, 5.74) is 0.698. The second kappa shape index (κ2) is 6.58. The molecule has 0 aliphatic carbocycles. The molecule has 0 aliphatic rings. The van der Waals surface area contributed by atoms with Gasteiger partial charge in [-0.3, -0.25) is 4.79 Å². The molecule has 6 nitrogen and oxygen atoms in total. The largest absolute Gasteiger partial charge is 0.396 e. The highest BCUT2D eigenvalue weighted by Crippen LogP contribution is 2.19. The Morgan fingerprint density at radius 2 is 2.30 bits per heavy atom. The van der Waals surface area contributed by atoms with Crippen LogP contribution in [-0.2, 0) is 17.8 Å². The molecule has 1 amide bonds. The minimum atomic E-state index is -0.521. The number of carbonyl (C=O) groups is 1. The molecule has 1 aromatic carbocycles. The highest BCUT2D eigenvalue weighted by atomic mass is 79.9. The van der Waals surface area contributed by atoms with Crippen LogP contribution in [0.25, 0.3) is 0 Å². The van der Waals surface area contributed by atoms with E-state index in [9.17, 15) is 9.18 Å². The molecule has 20 heavy (non-hydrogen) atoms. The summed E-state index contributed by atoms with van der Waals surface area (Å²) in [5.74, 6) is -0.932. The minimum absolute atomic E-state index is 0.0327. The first-order valence-electron chi connectivity index (χ1n) is 5.83. The number of benzene rings is 1. The zero-order chi connectivity index (χ0) is 14.5. The molecule has 0 unspecified atom stereocenters. The fourth-order valence-corrected chi connectivity index (χ4v) is 1.91. The normalized spacial score (nSPS) is 10.6. The average Bonchev–Trinajstić information content (AvgIpc) is 2.81. The monoisotopic (exact) mass is 342 g/mol. The van der Waals surface area contributed by atoms with Gasteiger partial charge in [-0.15, -0.1) is 5.10 Å². The molecule has 2 N–H and O–H groups in total. The number of aliphatic hydroxyl groups is 1. The van der Waals surface area contributed by atoms with E-state index >= 15 is 0 Å². The Bertz CT molecular complexity index is 617. The van der Waals surface area contributed by atoms with Crippen molar-refractivity contribution in [2.45, 2.75) is 13.0 Å². The van der Waals surface area contributed by atoms with Gasteiger partial charge in [0.15, 0.2) is 0 Å². The van der Waals surface area contributed by atoms with Crippen molar-refractivity contribution >= 4 is 27.5 Å². The summed E-state index contributed by atoms with van der Waals surface area (Å²) in [5, 5.41) is 18.7. The number of carbonyl (C=O) groups excluding carboxylic acids is 1. The average molecular weight is 343 g/mol. The number of hydrogen-bond donors (Lipinski definition) is 2. The summed E-state index contributed by atoms with van der Waals surface area (Å²) >= 11 is 3.14. The molecule has 0 fully saturated rings. The van der Waals surface area contributed by atoms with Gasteiger partial charge in [0.2, 0.25) is 5.91 Å². The molecule has 106 valence electrons. The van der Waals surface area contributed by atoms with Crippen molar-refractivity contribution < 1.29 is 14.3 Å². The van der Waals surface area contributed by atoms with E-state index in [0.29, 0.717) is 16.6 Å². The Balaban J connectivity index is 1.97. The number of hydrogen-bond acceptors (Lipinski definition) is 4. The highest BCUT2D eigenvalue weighted by molar-refractivity contribution is 9.10. The first-order chi connectivity index (χ1) is 9.58. The third-order valence-corrected chi connectivity index (χ3v) is 2.96. The van der Waals surface area contributed by atoms with Gasteiger partial charge >= 0.3 is 0 Å². The lowest BCUT2D eigenvalue weighted by Gasteiger charge is -2.06. The van der Waals surface area contributed by atoms with Crippen LogP contribution < -0.4 is 5.32 Å². The van der Waals surface area contributed by atoms with Gasteiger partial charge in [0.25, 0.3) is 0 Å². The van der Waals surface area contributed by atoms with Crippen molar-refractivity contribution in [2.24, 2.45) is 0 Å². The molecule has 0 bridgehead atoms. The van der Waals surface area contributed by atoms with Gasteiger partial charge in [0, 0.05) is 23.7 Å². The van der Waals surface area contributed by atoms with Crippen LogP contribution in [0, 0.1) is 5.82 Å². The van der Waals surface area contributed by atoms with Crippen molar-refractivity contribution in [3.05, 3.63) is 40.4 Å². The van der Waals surface area contributed by atoms with E-state index in [-0.39, 0.29) is 18.8 Å². The lowest BCUT2D eigenvalue weighted by Crippen LogP contribution is -2.19. The topological polar surface area (TPSA) is 80.0 Å². The zero-order valence-corrected chi connectivity index (χ0v) is 12.0. The van der Waals surface area contributed by atoms with E-state index < -0.39 is 11.7 Å². The molecule has 0 saturated carbocycles. The first kappa shape index (κ1) is 14.6. The summed E-state index contributed by atoms with van der Waals surface area (Å²) in [6.45, 7) is -0.108. The second-order valence-corrected chi connectivity index (χ2v) is 4.97.